The highest BCUT2D eigenvalue weighted by atomic mass is 19.1. The summed E-state index contributed by atoms with van der Waals surface area (Å²) in [4.78, 5) is 25.0. The van der Waals surface area contributed by atoms with Crippen LogP contribution in [0.2, 0.25) is 0 Å². The SMILES string of the molecule is CC.CC.CC(C)c1c(C(=O)Nc2ccccc2)c(-c2ccccc2)c(-c2ccc(F)cc2)n1CCC(O)CC(O)CC(=O)O. The summed E-state index contributed by atoms with van der Waals surface area (Å²) in [5.41, 5.74) is 4.77. The Labute approximate surface area is 266 Å². The number of carbonyl (C=O) groups excluding carboxylic acids is 1. The molecule has 1 heterocycles. The number of nitrogens with zero attached hydrogens (tertiary/aromatic N) is 1. The first-order valence-electron chi connectivity index (χ1n) is 15.7. The fraction of sp³-hybridized carbons (Fsp3) is 0.351. The highest BCUT2D eigenvalue weighted by Gasteiger charge is 2.31. The lowest BCUT2D eigenvalue weighted by atomic mass is 9.94. The van der Waals surface area contributed by atoms with Crippen LogP contribution in [-0.2, 0) is 11.3 Å². The van der Waals surface area contributed by atoms with Gasteiger partial charge in [-0.05, 0) is 66.3 Å². The summed E-state index contributed by atoms with van der Waals surface area (Å²) < 4.78 is 16.0. The van der Waals surface area contributed by atoms with E-state index in [2.05, 4.69) is 5.32 Å². The normalized spacial score (nSPS) is 11.9. The van der Waals surface area contributed by atoms with E-state index in [0.717, 1.165) is 11.3 Å². The van der Waals surface area contributed by atoms with Crippen LogP contribution in [0.25, 0.3) is 22.4 Å². The van der Waals surface area contributed by atoms with Crippen molar-refractivity contribution in [2.24, 2.45) is 0 Å². The van der Waals surface area contributed by atoms with Crippen molar-refractivity contribution in [1.82, 2.24) is 4.57 Å². The minimum absolute atomic E-state index is 0.0939. The first-order chi connectivity index (χ1) is 21.7. The fourth-order valence-electron chi connectivity index (χ4n) is 5.20. The van der Waals surface area contributed by atoms with Crippen LogP contribution in [-0.4, -0.2) is 44.0 Å². The standard InChI is InChI=1S/C33H35FN2O5.2C2H6/c1-21(2)31-30(33(41)35-25-11-7-4-8-12-25)29(22-9-5-3-6-10-22)32(23-13-15-24(34)16-14-23)36(31)18-17-26(37)19-27(38)20-28(39)40;2*1-2/h3-16,21,26-27,37-38H,17-20H2,1-2H3,(H,35,41)(H,39,40);2*1-2H3. The Hall–Kier alpha value is -4.27. The van der Waals surface area contributed by atoms with Gasteiger partial charge in [0, 0.05) is 23.5 Å². The van der Waals surface area contributed by atoms with Crippen LogP contribution >= 0.6 is 0 Å². The number of aliphatic carboxylic acids is 1. The van der Waals surface area contributed by atoms with Gasteiger partial charge < -0.3 is 25.2 Å². The van der Waals surface area contributed by atoms with Crippen molar-refractivity contribution in [3.63, 3.8) is 0 Å². The van der Waals surface area contributed by atoms with Crippen molar-refractivity contribution in [2.75, 3.05) is 5.32 Å². The van der Waals surface area contributed by atoms with E-state index in [0.29, 0.717) is 28.1 Å². The molecule has 1 aromatic heterocycles. The first-order valence-corrected chi connectivity index (χ1v) is 15.7. The van der Waals surface area contributed by atoms with E-state index in [-0.39, 0.29) is 37.0 Å². The Bertz CT molecular complexity index is 1470. The molecule has 4 rings (SSSR count). The lowest BCUT2D eigenvalue weighted by Crippen LogP contribution is -2.22. The summed E-state index contributed by atoms with van der Waals surface area (Å²) in [5, 5.41) is 32.8. The summed E-state index contributed by atoms with van der Waals surface area (Å²) in [7, 11) is 0. The molecular weight excluding hydrogens is 571 g/mol. The van der Waals surface area contributed by atoms with Crippen LogP contribution in [0.5, 0.6) is 0 Å². The number of aliphatic hydroxyl groups is 2. The van der Waals surface area contributed by atoms with E-state index < -0.39 is 24.6 Å². The summed E-state index contributed by atoms with van der Waals surface area (Å²) in [6, 6.07) is 24.8. The van der Waals surface area contributed by atoms with E-state index in [1.165, 1.54) is 12.1 Å². The highest BCUT2D eigenvalue weighted by Crippen LogP contribution is 2.42. The summed E-state index contributed by atoms with van der Waals surface area (Å²) in [6.07, 6.45) is -2.51. The average molecular weight is 619 g/mol. The Morgan fingerprint density at radius 2 is 1.36 bits per heavy atom. The predicted octanol–water partition coefficient (Wildman–Crippen LogP) is 8.37. The van der Waals surface area contributed by atoms with Crippen LogP contribution in [0.1, 0.15) is 82.8 Å². The number of hydrogen-bond acceptors (Lipinski definition) is 4. The van der Waals surface area contributed by atoms with E-state index in [4.69, 9.17) is 5.11 Å². The second-order valence-electron chi connectivity index (χ2n) is 10.4. The summed E-state index contributed by atoms with van der Waals surface area (Å²) in [6.45, 7) is 12.3. The molecule has 0 aliphatic rings. The molecule has 0 bridgehead atoms. The maximum atomic E-state index is 14.0. The van der Waals surface area contributed by atoms with E-state index in [1.807, 2.05) is 107 Å². The summed E-state index contributed by atoms with van der Waals surface area (Å²) >= 11 is 0. The van der Waals surface area contributed by atoms with Crippen LogP contribution < -0.4 is 5.32 Å². The number of hydrogen-bond donors (Lipinski definition) is 4. The second-order valence-corrected chi connectivity index (χ2v) is 10.4. The Morgan fingerprint density at radius 1 is 0.800 bits per heavy atom. The van der Waals surface area contributed by atoms with Crippen molar-refractivity contribution in [1.29, 1.82) is 0 Å². The van der Waals surface area contributed by atoms with Crippen molar-refractivity contribution >= 4 is 17.6 Å². The Kier molecular flexibility index (Phi) is 15.2. The van der Waals surface area contributed by atoms with Gasteiger partial charge in [0.1, 0.15) is 5.82 Å². The average Bonchev–Trinajstić information content (AvgIpc) is 3.38. The number of carboxylic acid groups (broad SMARTS) is 1. The smallest absolute Gasteiger partial charge is 0.305 e. The number of nitrogens with one attached hydrogen (secondary N) is 1. The maximum absolute atomic E-state index is 14.0. The number of anilines is 1. The number of aliphatic hydroxyl groups excluding tert-OH is 2. The predicted molar refractivity (Wildman–Crippen MR) is 180 cm³/mol. The fourth-order valence-corrected chi connectivity index (χ4v) is 5.20. The van der Waals surface area contributed by atoms with Crippen molar-refractivity contribution in [2.45, 2.75) is 85.5 Å². The van der Waals surface area contributed by atoms with Gasteiger partial charge in [0.2, 0.25) is 0 Å². The van der Waals surface area contributed by atoms with Crippen molar-refractivity contribution in [3.8, 4) is 22.4 Å². The van der Waals surface area contributed by atoms with Gasteiger partial charge in [-0.15, -0.1) is 0 Å². The zero-order valence-corrected chi connectivity index (χ0v) is 27.1. The lowest BCUT2D eigenvalue weighted by Gasteiger charge is -2.20. The molecule has 4 aromatic rings. The molecule has 8 heteroatoms. The number of para-hydroxylation sites is 1. The minimum Gasteiger partial charge on any atom is -0.481 e. The molecular formula is C37H47FN2O5. The molecule has 0 aliphatic carbocycles. The number of aromatic nitrogens is 1. The molecule has 1 amide bonds. The zero-order valence-electron chi connectivity index (χ0n) is 27.1. The van der Waals surface area contributed by atoms with Crippen LogP contribution in [0.4, 0.5) is 10.1 Å². The van der Waals surface area contributed by atoms with Gasteiger partial charge in [0.25, 0.3) is 5.91 Å². The summed E-state index contributed by atoms with van der Waals surface area (Å²) in [5.74, 6) is -1.93. The van der Waals surface area contributed by atoms with Crippen molar-refractivity contribution in [3.05, 3.63) is 102 Å². The monoisotopic (exact) mass is 618 g/mol. The first kappa shape index (κ1) is 36.9. The molecule has 2 unspecified atom stereocenters. The van der Waals surface area contributed by atoms with Crippen LogP contribution in [0.15, 0.2) is 84.9 Å². The molecule has 0 radical (unpaired) electrons. The maximum Gasteiger partial charge on any atom is 0.305 e. The van der Waals surface area contributed by atoms with E-state index in [9.17, 15) is 24.2 Å². The Morgan fingerprint density at radius 3 is 1.89 bits per heavy atom. The molecule has 242 valence electrons. The number of benzene rings is 3. The highest BCUT2D eigenvalue weighted by molar-refractivity contribution is 6.12. The van der Waals surface area contributed by atoms with Gasteiger partial charge in [-0.25, -0.2) is 4.39 Å². The number of halogens is 1. The molecule has 0 aliphatic heterocycles. The molecule has 0 spiro atoms. The number of rotatable bonds is 12. The molecule has 0 fully saturated rings. The van der Waals surface area contributed by atoms with Crippen LogP contribution in [0, 0.1) is 5.82 Å². The van der Waals surface area contributed by atoms with Gasteiger partial charge in [0.15, 0.2) is 0 Å². The molecule has 7 nitrogen and oxygen atoms in total. The van der Waals surface area contributed by atoms with Gasteiger partial charge in [0.05, 0.1) is 29.9 Å². The lowest BCUT2D eigenvalue weighted by molar-refractivity contribution is -0.139. The van der Waals surface area contributed by atoms with E-state index in [1.54, 1.807) is 12.1 Å². The topological polar surface area (TPSA) is 112 Å². The number of amides is 1. The van der Waals surface area contributed by atoms with Gasteiger partial charge in [-0.3, -0.25) is 9.59 Å². The second kappa shape index (κ2) is 18.5. The van der Waals surface area contributed by atoms with Gasteiger partial charge in [-0.1, -0.05) is 90.1 Å². The molecule has 0 saturated carbocycles. The Balaban J connectivity index is 0.00000169. The molecule has 4 N–H and O–H groups in total. The quantitative estimate of drug-likeness (QED) is 0.127. The zero-order chi connectivity index (χ0) is 33.5. The van der Waals surface area contributed by atoms with Crippen LogP contribution in [0.3, 0.4) is 0 Å². The minimum atomic E-state index is -1.18. The molecule has 3 aromatic carbocycles. The number of carboxylic acids is 1. The van der Waals surface area contributed by atoms with Gasteiger partial charge >= 0.3 is 5.97 Å². The third kappa shape index (κ3) is 10.1. The van der Waals surface area contributed by atoms with Crippen molar-refractivity contribution < 1.29 is 29.3 Å². The third-order valence-corrected chi connectivity index (χ3v) is 6.93. The largest absolute Gasteiger partial charge is 0.481 e. The molecule has 45 heavy (non-hydrogen) atoms. The molecule has 0 saturated heterocycles. The van der Waals surface area contributed by atoms with Gasteiger partial charge in [-0.2, -0.15) is 0 Å². The molecule has 2 atom stereocenters. The van der Waals surface area contributed by atoms with E-state index >= 15 is 0 Å². The third-order valence-electron chi connectivity index (χ3n) is 6.93. The number of carbonyl (C=O) groups is 2.